The standard InChI is InChI=1S/C15H10F3N/c1-10-4-2-6-12(9-19)14(10)11-5-3-7-13(8-11)15(16,17)18/h2-8H,1H3. The van der Waals surface area contributed by atoms with Crippen molar-refractivity contribution < 1.29 is 13.2 Å². The Kier molecular flexibility index (Phi) is 3.30. The Morgan fingerprint density at radius 1 is 1.05 bits per heavy atom. The van der Waals surface area contributed by atoms with Gasteiger partial charge in [0.1, 0.15) is 0 Å². The second-order valence-corrected chi connectivity index (χ2v) is 4.19. The van der Waals surface area contributed by atoms with E-state index in [0.29, 0.717) is 16.7 Å². The van der Waals surface area contributed by atoms with Crippen molar-refractivity contribution in [3.63, 3.8) is 0 Å². The topological polar surface area (TPSA) is 23.8 Å². The lowest BCUT2D eigenvalue weighted by atomic mass is 9.94. The van der Waals surface area contributed by atoms with Gasteiger partial charge in [0.05, 0.1) is 17.2 Å². The summed E-state index contributed by atoms with van der Waals surface area (Å²) in [6.07, 6.45) is -4.38. The van der Waals surface area contributed by atoms with Gasteiger partial charge in [-0.05, 0) is 36.2 Å². The number of aryl methyl sites for hydroxylation is 1. The van der Waals surface area contributed by atoms with Crippen molar-refractivity contribution in [1.82, 2.24) is 0 Å². The summed E-state index contributed by atoms with van der Waals surface area (Å²) in [5.74, 6) is 0. The van der Waals surface area contributed by atoms with Gasteiger partial charge in [-0.15, -0.1) is 0 Å². The number of alkyl halides is 3. The second kappa shape index (κ2) is 4.77. The van der Waals surface area contributed by atoms with Crippen LogP contribution in [0.1, 0.15) is 16.7 Å². The normalized spacial score (nSPS) is 11.1. The molecule has 19 heavy (non-hydrogen) atoms. The lowest BCUT2D eigenvalue weighted by Gasteiger charge is -2.11. The summed E-state index contributed by atoms with van der Waals surface area (Å²) in [5.41, 5.74) is 1.40. The first-order chi connectivity index (χ1) is 8.93. The fourth-order valence-corrected chi connectivity index (χ4v) is 2.00. The van der Waals surface area contributed by atoms with E-state index in [-0.39, 0.29) is 0 Å². The van der Waals surface area contributed by atoms with E-state index < -0.39 is 11.7 Å². The van der Waals surface area contributed by atoms with Gasteiger partial charge >= 0.3 is 6.18 Å². The molecule has 0 saturated carbocycles. The predicted octanol–water partition coefficient (Wildman–Crippen LogP) is 4.55. The average molecular weight is 261 g/mol. The maximum atomic E-state index is 12.7. The molecule has 0 aliphatic carbocycles. The predicted molar refractivity (Wildman–Crippen MR) is 66.3 cm³/mol. The van der Waals surface area contributed by atoms with Gasteiger partial charge in [-0.25, -0.2) is 0 Å². The molecular weight excluding hydrogens is 251 g/mol. The monoisotopic (exact) mass is 261 g/mol. The number of benzene rings is 2. The zero-order chi connectivity index (χ0) is 14.0. The molecule has 0 atom stereocenters. The van der Waals surface area contributed by atoms with E-state index in [9.17, 15) is 13.2 Å². The molecule has 0 aliphatic rings. The molecule has 0 N–H and O–H groups in total. The third kappa shape index (κ3) is 2.60. The molecule has 0 saturated heterocycles. The van der Waals surface area contributed by atoms with E-state index in [4.69, 9.17) is 5.26 Å². The minimum atomic E-state index is -4.38. The Balaban J connectivity index is 2.64. The highest BCUT2D eigenvalue weighted by molar-refractivity contribution is 5.74. The number of hydrogen-bond acceptors (Lipinski definition) is 1. The maximum absolute atomic E-state index is 12.7. The average Bonchev–Trinajstić information content (AvgIpc) is 2.37. The molecule has 0 heterocycles. The highest BCUT2D eigenvalue weighted by Crippen LogP contribution is 2.34. The van der Waals surface area contributed by atoms with Crippen molar-refractivity contribution in [1.29, 1.82) is 5.26 Å². The van der Waals surface area contributed by atoms with Crippen LogP contribution in [0, 0.1) is 18.3 Å². The summed E-state index contributed by atoms with van der Waals surface area (Å²) in [4.78, 5) is 0. The van der Waals surface area contributed by atoms with E-state index in [0.717, 1.165) is 17.7 Å². The lowest BCUT2D eigenvalue weighted by Crippen LogP contribution is -2.04. The lowest BCUT2D eigenvalue weighted by molar-refractivity contribution is -0.137. The third-order valence-electron chi connectivity index (χ3n) is 2.87. The van der Waals surface area contributed by atoms with Crippen molar-refractivity contribution in [2.24, 2.45) is 0 Å². The van der Waals surface area contributed by atoms with Gasteiger partial charge < -0.3 is 0 Å². The molecule has 0 unspecified atom stereocenters. The quantitative estimate of drug-likeness (QED) is 0.738. The zero-order valence-corrected chi connectivity index (χ0v) is 10.1. The number of rotatable bonds is 1. The highest BCUT2D eigenvalue weighted by atomic mass is 19.4. The third-order valence-corrected chi connectivity index (χ3v) is 2.87. The molecule has 0 bridgehead atoms. The summed E-state index contributed by atoms with van der Waals surface area (Å²) in [6, 6.07) is 12.1. The summed E-state index contributed by atoms with van der Waals surface area (Å²) in [5, 5.41) is 9.06. The Bertz CT molecular complexity index is 651. The van der Waals surface area contributed by atoms with Crippen molar-refractivity contribution in [2.45, 2.75) is 13.1 Å². The molecule has 0 spiro atoms. The van der Waals surface area contributed by atoms with Crippen LogP contribution in [-0.2, 0) is 6.18 Å². The van der Waals surface area contributed by atoms with E-state index in [2.05, 4.69) is 0 Å². The zero-order valence-electron chi connectivity index (χ0n) is 10.1. The summed E-state index contributed by atoms with van der Waals surface area (Å²) in [7, 11) is 0. The molecule has 96 valence electrons. The molecule has 0 radical (unpaired) electrons. The Morgan fingerprint density at radius 2 is 1.74 bits per heavy atom. The minimum Gasteiger partial charge on any atom is -0.192 e. The first-order valence-corrected chi connectivity index (χ1v) is 5.61. The van der Waals surface area contributed by atoms with Crippen LogP contribution >= 0.6 is 0 Å². The van der Waals surface area contributed by atoms with Crippen LogP contribution in [0.25, 0.3) is 11.1 Å². The summed E-state index contributed by atoms with van der Waals surface area (Å²) >= 11 is 0. The second-order valence-electron chi connectivity index (χ2n) is 4.19. The minimum absolute atomic E-state index is 0.374. The highest BCUT2D eigenvalue weighted by Gasteiger charge is 2.30. The largest absolute Gasteiger partial charge is 0.416 e. The molecule has 4 heteroatoms. The van der Waals surface area contributed by atoms with E-state index in [1.165, 1.54) is 6.07 Å². The van der Waals surface area contributed by atoms with Gasteiger partial charge in [0, 0.05) is 5.56 Å². The molecular formula is C15H10F3N. The number of halogens is 3. The summed E-state index contributed by atoms with van der Waals surface area (Å²) in [6.45, 7) is 1.77. The van der Waals surface area contributed by atoms with Crippen molar-refractivity contribution in [2.75, 3.05) is 0 Å². The van der Waals surface area contributed by atoms with Gasteiger partial charge in [-0.3, -0.25) is 0 Å². The van der Waals surface area contributed by atoms with Crippen LogP contribution in [-0.4, -0.2) is 0 Å². The fraction of sp³-hybridized carbons (Fsp3) is 0.133. The molecule has 2 aromatic rings. The molecule has 0 amide bonds. The van der Waals surface area contributed by atoms with Crippen molar-refractivity contribution in [3.8, 4) is 17.2 Å². The Labute approximate surface area is 108 Å². The van der Waals surface area contributed by atoms with Gasteiger partial charge in [0.15, 0.2) is 0 Å². The van der Waals surface area contributed by atoms with Crippen LogP contribution in [0.4, 0.5) is 13.2 Å². The molecule has 0 aliphatic heterocycles. The molecule has 0 aromatic heterocycles. The van der Waals surface area contributed by atoms with E-state index >= 15 is 0 Å². The number of hydrogen-bond donors (Lipinski definition) is 0. The van der Waals surface area contributed by atoms with Crippen LogP contribution in [0.2, 0.25) is 0 Å². The van der Waals surface area contributed by atoms with Gasteiger partial charge in [0.25, 0.3) is 0 Å². The van der Waals surface area contributed by atoms with Crippen LogP contribution in [0.5, 0.6) is 0 Å². The first kappa shape index (κ1) is 13.2. The first-order valence-electron chi connectivity index (χ1n) is 5.61. The van der Waals surface area contributed by atoms with Gasteiger partial charge in [0.2, 0.25) is 0 Å². The van der Waals surface area contributed by atoms with Crippen LogP contribution in [0.15, 0.2) is 42.5 Å². The summed E-state index contributed by atoms with van der Waals surface area (Å²) < 4.78 is 38.1. The SMILES string of the molecule is Cc1cccc(C#N)c1-c1cccc(C(F)(F)F)c1. The molecule has 2 aromatic carbocycles. The molecule has 2 rings (SSSR count). The van der Waals surface area contributed by atoms with Gasteiger partial charge in [-0.1, -0.05) is 24.3 Å². The smallest absolute Gasteiger partial charge is 0.192 e. The Hall–Kier alpha value is -2.28. The van der Waals surface area contributed by atoms with E-state index in [1.54, 1.807) is 31.2 Å². The van der Waals surface area contributed by atoms with Crippen molar-refractivity contribution in [3.05, 3.63) is 59.2 Å². The number of nitrogens with zero attached hydrogens (tertiary/aromatic N) is 1. The van der Waals surface area contributed by atoms with Crippen molar-refractivity contribution >= 4 is 0 Å². The van der Waals surface area contributed by atoms with E-state index in [1.807, 2.05) is 6.07 Å². The van der Waals surface area contributed by atoms with Crippen LogP contribution in [0.3, 0.4) is 0 Å². The molecule has 0 fully saturated rings. The number of nitriles is 1. The Morgan fingerprint density at radius 3 is 2.37 bits per heavy atom. The molecule has 1 nitrogen and oxygen atoms in total. The fourth-order valence-electron chi connectivity index (χ4n) is 2.00. The maximum Gasteiger partial charge on any atom is 0.416 e. The van der Waals surface area contributed by atoms with Crippen LogP contribution < -0.4 is 0 Å². The van der Waals surface area contributed by atoms with Gasteiger partial charge in [-0.2, -0.15) is 18.4 Å².